The van der Waals surface area contributed by atoms with Crippen LogP contribution in [-0.4, -0.2) is 20.0 Å². The number of nitrogens with one attached hydrogen (secondary N) is 2. The highest BCUT2D eigenvalue weighted by atomic mass is 35.5. The van der Waals surface area contributed by atoms with E-state index < -0.39 is 0 Å². The SMILES string of the molecule is Cc1ccc(NC(=O)[C@H](c2ccccc2)[NH+](C)C)cc1Cl. The van der Waals surface area contributed by atoms with Gasteiger partial charge in [0.2, 0.25) is 0 Å². The highest BCUT2D eigenvalue weighted by molar-refractivity contribution is 6.31. The van der Waals surface area contributed by atoms with Gasteiger partial charge in [0.15, 0.2) is 6.04 Å². The molecule has 0 aliphatic carbocycles. The van der Waals surface area contributed by atoms with E-state index in [9.17, 15) is 4.79 Å². The minimum absolute atomic E-state index is 0.0406. The molecule has 2 N–H and O–H groups in total. The van der Waals surface area contributed by atoms with Gasteiger partial charge >= 0.3 is 0 Å². The van der Waals surface area contributed by atoms with Gasteiger partial charge in [-0.3, -0.25) is 4.79 Å². The van der Waals surface area contributed by atoms with Crippen molar-refractivity contribution < 1.29 is 9.69 Å². The summed E-state index contributed by atoms with van der Waals surface area (Å²) in [7, 11) is 3.94. The first-order chi connectivity index (χ1) is 9.99. The molecule has 0 unspecified atom stereocenters. The van der Waals surface area contributed by atoms with Gasteiger partial charge in [-0.25, -0.2) is 0 Å². The van der Waals surface area contributed by atoms with Crippen molar-refractivity contribution in [3.63, 3.8) is 0 Å². The number of hydrogen-bond donors (Lipinski definition) is 2. The highest BCUT2D eigenvalue weighted by Gasteiger charge is 2.26. The third-order valence-corrected chi connectivity index (χ3v) is 3.82. The molecule has 0 aliphatic rings. The topological polar surface area (TPSA) is 33.5 Å². The lowest BCUT2D eigenvalue weighted by Gasteiger charge is -2.21. The Hall–Kier alpha value is -1.84. The zero-order chi connectivity index (χ0) is 15.4. The Balaban J connectivity index is 2.21. The first kappa shape index (κ1) is 15.5. The van der Waals surface area contributed by atoms with Crippen molar-refractivity contribution in [2.45, 2.75) is 13.0 Å². The second-order valence-corrected chi connectivity index (χ2v) is 5.78. The van der Waals surface area contributed by atoms with Crippen LogP contribution in [0.5, 0.6) is 0 Å². The van der Waals surface area contributed by atoms with Crippen LogP contribution in [0.4, 0.5) is 5.69 Å². The molecular formula is C17H20ClN2O+. The first-order valence-electron chi connectivity index (χ1n) is 6.91. The van der Waals surface area contributed by atoms with Crippen molar-refractivity contribution in [1.82, 2.24) is 0 Å². The molecule has 2 rings (SSSR count). The number of aryl methyl sites for hydroxylation is 1. The van der Waals surface area contributed by atoms with Gasteiger partial charge in [-0.2, -0.15) is 0 Å². The largest absolute Gasteiger partial charge is 0.326 e. The van der Waals surface area contributed by atoms with Gasteiger partial charge in [0.1, 0.15) is 0 Å². The molecule has 0 saturated heterocycles. The van der Waals surface area contributed by atoms with E-state index in [1.54, 1.807) is 6.07 Å². The van der Waals surface area contributed by atoms with Crippen molar-refractivity contribution >= 4 is 23.2 Å². The fraction of sp³-hybridized carbons (Fsp3) is 0.235. The lowest BCUT2D eigenvalue weighted by molar-refractivity contribution is -0.881. The van der Waals surface area contributed by atoms with Crippen LogP contribution in [0.3, 0.4) is 0 Å². The molecule has 2 aromatic carbocycles. The number of likely N-dealkylation sites (N-methyl/N-ethyl adjacent to an activating group) is 1. The number of carbonyl (C=O) groups is 1. The van der Waals surface area contributed by atoms with Gasteiger partial charge in [0.25, 0.3) is 5.91 Å². The smallest absolute Gasteiger partial charge is 0.287 e. The third-order valence-electron chi connectivity index (χ3n) is 3.41. The predicted molar refractivity (Wildman–Crippen MR) is 86.8 cm³/mol. The number of carbonyl (C=O) groups excluding carboxylic acids is 1. The average molecular weight is 304 g/mol. The van der Waals surface area contributed by atoms with Crippen LogP contribution < -0.4 is 10.2 Å². The Morgan fingerprint density at radius 2 is 1.81 bits per heavy atom. The van der Waals surface area contributed by atoms with Crippen LogP contribution in [0.2, 0.25) is 5.02 Å². The maximum atomic E-state index is 12.6. The molecule has 21 heavy (non-hydrogen) atoms. The molecular weight excluding hydrogens is 284 g/mol. The number of rotatable bonds is 4. The minimum Gasteiger partial charge on any atom is -0.326 e. The molecule has 0 radical (unpaired) electrons. The molecule has 4 heteroatoms. The summed E-state index contributed by atoms with van der Waals surface area (Å²) in [4.78, 5) is 13.6. The van der Waals surface area contributed by atoms with E-state index in [-0.39, 0.29) is 11.9 Å². The molecule has 2 aromatic rings. The summed E-state index contributed by atoms with van der Waals surface area (Å²) in [5, 5.41) is 3.60. The summed E-state index contributed by atoms with van der Waals surface area (Å²) in [6.45, 7) is 1.94. The summed E-state index contributed by atoms with van der Waals surface area (Å²) < 4.78 is 0. The number of benzene rings is 2. The average Bonchev–Trinajstić information content (AvgIpc) is 2.44. The number of halogens is 1. The van der Waals surface area contributed by atoms with E-state index >= 15 is 0 Å². The second kappa shape index (κ2) is 6.74. The van der Waals surface area contributed by atoms with Gasteiger partial charge in [-0.1, -0.05) is 48.0 Å². The Morgan fingerprint density at radius 3 is 2.38 bits per heavy atom. The third kappa shape index (κ3) is 3.84. The highest BCUT2D eigenvalue weighted by Crippen LogP contribution is 2.21. The number of amides is 1. The molecule has 1 atom stereocenters. The fourth-order valence-electron chi connectivity index (χ4n) is 2.28. The molecule has 0 fully saturated rings. The van der Waals surface area contributed by atoms with Crippen LogP contribution in [0.1, 0.15) is 17.2 Å². The molecule has 1 amide bonds. The summed E-state index contributed by atoms with van der Waals surface area (Å²) in [6.07, 6.45) is 0. The Bertz CT molecular complexity index is 626. The summed E-state index contributed by atoms with van der Waals surface area (Å²) >= 11 is 6.10. The monoisotopic (exact) mass is 303 g/mol. The fourth-order valence-corrected chi connectivity index (χ4v) is 2.46. The van der Waals surface area contributed by atoms with Crippen LogP contribution in [0, 0.1) is 6.92 Å². The van der Waals surface area contributed by atoms with Crippen LogP contribution in [0.15, 0.2) is 48.5 Å². The summed E-state index contributed by atoms with van der Waals surface area (Å²) in [6, 6.07) is 15.1. The van der Waals surface area contributed by atoms with Crippen LogP contribution in [-0.2, 0) is 4.79 Å². The molecule has 0 aliphatic heterocycles. The number of quaternary nitrogens is 1. The molecule has 110 valence electrons. The van der Waals surface area contributed by atoms with E-state index in [4.69, 9.17) is 11.6 Å². The lowest BCUT2D eigenvalue weighted by atomic mass is 10.1. The molecule has 0 heterocycles. The predicted octanol–water partition coefficient (Wildman–Crippen LogP) is 2.47. The molecule has 3 nitrogen and oxygen atoms in total. The van der Waals surface area contributed by atoms with E-state index in [1.807, 2.05) is 63.5 Å². The molecule has 0 aromatic heterocycles. The number of hydrogen-bond acceptors (Lipinski definition) is 1. The van der Waals surface area contributed by atoms with Gasteiger partial charge in [0.05, 0.1) is 14.1 Å². The van der Waals surface area contributed by atoms with E-state index in [0.29, 0.717) is 5.02 Å². The van der Waals surface area contributed by atoms with Gasteiger partial charge in [-0.05, 0) is 24.6 Å². The maximum absolute atomic E-state index is 12.6. The zero-order valence-electron chi connectivity index (χ0n) is 12.5. The van der Waals surface area contributed by atoms with Crippen molar-refractivity contribution in [2.24, 2.45) is 0 Å². The van der Waals surface area contributed by atoms with E-state index in [1.165, 1.54) is 0 Å². The van der Waals surface area contributed by atoms with Crippen molar-refractivity contribution in [1.29, 1.82) is 0 Å². The van der Waals surface area contributed by atoms with Crippen LogP contribution >= 0.6 is 11.6 Å². The van der Waals surface area contributed by atoms with Crippen LogP contribution in [0.25, 0.3) is 0 Å². The molecule has 0 spiro atoms. The Labute approximate surface area is 130 Å². The van der Waals surface area contributed by atoms with Gasteiger partial charge in [-0.15, -0.1) is 0 Å². The van der Waals surface area contributed by atoms with Crippen molar-refractivity contribution in [3.05, 3.63) is 64.7 Å². The Kier molecular flexibility index (Phi) is 4.99. The van der Waals surface area contributed by atoms with Gasteiger partial charge in [0, 0.05) is 16.3 Å². The van der Waals surface area contributed by atoms with E-state index in [0.717, 1.165) is 21.7 Å². The minimum atomic E-state index is -0.258. The summed E-state index contributed by atoms with van der Waals surface area (Å²) in [5.74, 6) is -0.0406. The Morgan fingerprint density at radius 1 is 1.14 bits per heavy atom. The quantitative estimate of drug-likeness (QED) is 0.894. The standard InChI is InChI=1S/C17H19ClN2O/c1-12-9-10-14(11-15(12)18)19-17(21)16(20(2)3)13-7-5-4-6-8-13/h4-11,16H,1-3H3,(H,19,21)/p+1/t16-/m0/s1. The second-order valence-electron chi connectivity index (χ2n) is 5.37. The normalized spacial score (nSPS) is 12.2. The maximum Gasteiger partial charge on any atom is 0.287 e. The zero-order valence-corrected chi connectivity index (χ0v) is 13.2. The molecule has 0 saturated carbocycles. The van der Waals surface area contributed by atoms with Gasteiger partial charge < -0.3 is 10.2 Å². The van der Waals surface area contributed by atoms with E-state index in [2.05, 4.69) is 5.32 Å². The van der Waals surface area contributed by atoms with Crippen molar-refractivity contribution in [2.75, 3.05) is 19.4 Å². The van der Waals surface area contributed by atoms with Crippen molar-refractivity contribution in [3.8, 4) is 0 Å². The summed E-state index contributed by atoms with van der Waals surface area (Å²) in [5.41, 5.74) is 2.71. The lowest BCUT2D eigenvalue weighted by Crippen LogP contribution is -3.07. The first-order valence-corrected chi connectivity index (χ1v) is 7.29. The number of anilines is 1. The molecule has 0 bridgehead atoms.